The van der Waals surface area contributed by atoms with Crippen molar-refractivity contribution < 1.29 is 17.6 Å². The largest absolute Gasteiger partial charge is 0.340 e. The van der Waals surface area contributed by atoms with E-state index in [-0.39, 0.29) is 17.1 Å². The van der Waals surface area contributed by atoms with Gasteiger partial charge in [-0.05, 0) is 42.0 Å². The van der Waals surface area contributed by atoms with E-state index in [9.17, 15) is 17.6 Å². The van der Waals surface area contributed by atoms with Gasteiger partial charge in [-0.3, -0.25) is 9.10 Å². The molecule has 8 heteroatoms. The number of carbonyl (C=O) groups excluding carboxylic acids is 1. The van der Waals surface area contributed by atoms with E-state index in [1.54, 1.807) is 49.5 Å². The number of para-hydroxylation sites is 1. The Labute approximate surface area is 180 Å². The molecule has 0 heterocycles. The Bertz CT molecular complexity index is 1120. The number of likely N-dealkylation sites (N-methyl/N-ethyl adjacent to an activating group) is 1. The van der Waals surface area contributed by atoms with Gasteiger partial charge in [-0.1, -0.05) is 54.1 Å². The molecule has 5 nitrogen and oxygen atoms in total. The van der Waals surface area contributed by atoms with Crippen LogP contribution in [0.15, 0.2) is 83.8 Å². The molecule has 0 aliphatic rings. The fraction of sp³-hybridized carbons (Fsp3) is 0.136. The highest BCUT2D eigenvalue weighted by Gasteiger charge is 2.29. The summed E-state index contributed by atoms with van der Waals surface area (Å²) in [6.45, 7) is -0.283. The van der Waals surface area contributed by atoms with Crippen molar-refractivity contribution in [3.63, 3.8) is 0 Å². The Morgan fingerprint density at radius 3 is 2.17 bits per heavy atom. The van der Waals surface area contributed by atoms with Crippen LogP contribution in [0.25, 0.3) is 0 Å². The molecule has 3 aromatic rings. The van der Waals surface area contributed by atoms with E-state index in [0.717, 1.165) is 15.9 Å². The van der Waals surface area contributed by atoms with Gasteiger partial charge in [0.25, 0.3) is 10.0 Å². The third-order valence-corrected chi connectivity index (χ3v) is 6.52. The van der Waals surface area contributed by atoms with Crippen LogP contribution in [0, 0.1) is 5.82 Å². The van der Waals surface area contributed by atoms with Gasteiger partial charge in [-0.2, -0.15) is 0 Å². The first-order chi connectivity index (χ1) is 14.3. The topological polar surface area (TPSA) is 57.7 Å². The van der Waals surface area contributed by atoms with Gasteiger partial charge in [0, 0.05) is 18.6 Å². The summed E-state index contributed by atoms with van der Waals surface area (Å²) in [5.74, 6) is -1.21. The molecular formula is C22H20ClFN2O3S. The van der Waals surface area contributed by atoms with Crippen LogP contribution in [0.3, 0.4) is 0 Å². The van der Waals surface area contributed by atoms with E-state index in [1.807, 2.05) is 0 Å². The Morgan fingerprint density at radius 2 is 1.53 bits per heavy atom. The van der Waals surface area contributed by atoms with Crippen molar-refractivity contribution in [3.8, 4) is 0 Å². The number of carbonyl (C=O) groups is 1. The molecule has 1 amide bonds. The van der Waals surface area contributed by atoms with Gasteiger partial charge >= 0.3 is 0 Å². The van der Waals surface area contributed by atoms with Crippen molar-refractivity contribution in [3.05, 3.63) is 95.3 Å². The average Bonchev–Trinajstić information content (AvgIpc) is 2.74. The summed E-state index contributed by atoms with van der Waals surface area (Å²) in [4.78, 5) is 14.2. The maximum absolute atomic E-state index is 14.5. The molecule has 0 N–H and O–H groups in total. The average molecular weight is 447 g/mol. The van der Waals surface area contributed by atoms with E-state index in [1.165, 1.54) is 35.2 Å². The first-order valence-electron chi connectivity index (χ1n) is 9.10. The highest BCUT2D eigenvalue weighted by atomic mass is 35.5. The zero-order valence-corrected chi connectivity index (χ0v) is 17.8. The minimum Gasteiger partial charge on any atom is -0.340 e. The molecule has 0 aromatic heterocycles. The Balaban J connectivity index is 1.90. The van der Waals surface area contributed by atoms with Crippen LogP contribution in [-0.4, -0.2) is 32.8 Å². The molecule has 30 heavy (non-hydrogen) atoms. The standard InChI is InChI=1S/C22H20ClFN2O3S/c1-25(15-17-11-13-18(23)14-12-17)22(27)16-26(21-10-6-5-9-20(21)24)30(28,29)19-7-3-2-4-8-19/h2-14H,15-16H2,1H3. The Hall–Kier alpha value is -2.90. The molecular weight excluding hydrogens is 427 g/mol. The second-order valence-corrected chi connectivity index (χ2v) is 8.95. The number of rotatable bonds is 7. The summed E-state index contributed by atoms with van der Waals surface area (Å²) in [5, 5.41) is 0.576. The Morgan fingerprint density at radius 1 is 0.933 bits per heavy atom. The van der Waals surface area contributed by atoms with E-state index >= 15 is 0 Å². The van der Waals surface area contributed by atoms with Crippen LogP contribution in [0.4, 0.5) is 10.1 Å². The quantitative estimate of drug-likeness (QED) is 0.542. The first kappa shape index (κ1) is 21.8. The summed E-state index contributed by atoms with van der Waals surface area (Å²) in [6.07, 6.45) is 0. The highest BCUT2D eigenvalue weighted by molar-refractivity contribution is 7.92. The van der Waals surface area contributed by atoms with Crippen molar-refractivity contribution in [2.24, 2.45) is 0 Å². The molecule has 0 saturated heterocycles. The molecule has 0 saturated carbocycles. The maximum atomic E-state index is 14.5. The second kappa shape index (κ2) is 9.28. The monoisotopic (exact) mass is 446 g/mol. The van der Waals surface area contributed by atoms with Gasteiger partial charge in [0.1, 0.15) is 12.4 Å². The van der Waals surface area contributed by atoms with Gasteiger partial charge in [-0.15, -0.1) is 0 Å². The molecule has 0 aliphatic heterocycles. The lowest BCUT2D eigenvalue weighted by Crippen LogP contribution is -2.41. The summed E-state index contributed by atoms with van der Waals surface area (Å²) in [5.41, 5.74) is 0.646. The molecule has 0 radical (unpaired) electrons. The molecule has 0 aliphatic carbocycles. The van der Waals surface area contributed by atoms with Crippen molar-refractivity contribution in [2.75, 3.05) is 17.9 Å². The van der Waals surface area contributed by atoms with Crippen molar-refractivity contribution in [2.45, 2.75) is 11.4 Å². The number of hydrogen-bond donors (Lipinski definition) is 0. The molecule has 3 rings (SSSR count). The van der Waals surface area contributed by atoms with Gasteiger partial charge in [0.05, 0.1) is 10.6 Å². The molecule has 0 spiro atoms. The van der Waals surface area contributed by atoms with Gasteiger partial charge < -0.3 is 4.90 Å². The maximum Gasteiger partial charge on any atom is 0.264 e. The van der Waals surface area contributed by atoms with Gasteiger partial charge in [0.2, 0.25) is 5.91 Å². The van der Waals surface area contributed by atoms with Gasteiger partial charge in [-0.25, -0.2) is 12.8 Å². The van der Waals surface area contributed by atoms with E-state index < -0.39 is 28.3 Å². The molecule has 0 unspecified atom stereocenters. The van der Waals surface area contributed by atoms with Crippen molar-refractivity contribution in [1.29, 1.82) is 0 Å². The van der Waals surface area contributed by atoms with Crippen LogP contribution in [-0.2, 0) is 21.4 Å². The van der Waals surface area contributed by atoms with Crippen molar-refractivity contribution >= 4 is 33.2 Å². The number of hydrogen-bond acceptors (Lipinski definition) is 3. The van der Waals surface area contributed by atoms with Crippen LogP contribution in [0.5, 0.6) is 0 Å². The smallest absolute Gasteiger partial charge is 0.264 e. The number of sulfonamides is 1. The fourth-order valence-corrected chi connectivity index (χ4v) is 4.44. The molecule has 0 bridgehead atoms. The van der Waals surface area contributed by atoms with E-state index in [0.29, 0.717) is 5.02 Å². The number of halogens is 2. The molecule has 3 aromatic carbocycles. The normalized spacial score (nSPS) is 11.2. The minimum atomic E-state index is -4.16. The Kier molecular flexibility index (Phi) is 6.74. The first-order valence-corrected chi connectivity index (χ1v) is 10.9. The summed E-state index contributed by atoms with van der Waals surface area (Å²) in [7, 11) is -2.59. The molecule has 0 fully saturated rings. The third kappa shape index (κ3) is 4.98. The fourth-order valence-electron chi connectivity index (χ4n) is 2.87. The summed E-state index contributed by atoms with van der Waals surface area (Å²) in [6, 6.07) is 20.1. The van der Waals surface area contributed by atoms with Gasteiger partial charge in [0.15, 0.2) is 0 Å². The zero-order chi connectivity index (χ0) is 21.7. The van der Waals surface area contributed by atoms with Crippen LogP contribution in [0.1, 0.15) is 5.56 Å². The lowest BCUT2D eigenvalue weighted by Gasteiger charge is -2.27. The number of nitrogens with zero attached hydrogens (tertiary/aromatic N) is 2. The lowest BCUT2D eigenvalue weighted by atomic mass is 10.2. The van der Waals surface area contributed by atoms with Crippen LogP contribution in [0.2, 0.25) is 5.02 Å². The van der Waals surface area contributed by atoms with Crippen LogP contribution >= 0.6 is 11.6 Å². The zero-order valence-electron chi connectivity index (χ0n) is 16.2. The van der Waals surface area contributed by atoms with Crippen LogP contribution < -0.4 is 4.31 Å². The summed E-state index contributed by atoms with van der Waals surface area (Å²) < 4.78 is 41.7. The SMILES string of the molecule is CN(Cc1ccc(Cl)cc1)C(=O)CN(c1ccccc1F)S(=O)(=O)c1ccccc1. The minimum absolute atomic E-state index is 0.0265. The predicted octanol–water partition coefficient (Wildman–Crippen LogP) is 4.33. The van der Waals surface area contributed by atoms with E-state index in [2.05, 4.69) is 0 Å². The van der Waals surface area contributed by atoms with E-state index in [4.69, 9.17) is 11.6 Å². The highest BCUT2D eigenvalue weighted by Crippen LogP contribution is 2.26. The third-order valence-electron chi connectivity index (χ3n) is 4.49. The number of anilines is 1. The number of benzene rings is 3. The second-order valence-electron chi connectivity index (χ2n) is 6.65. The number of amides is 1. The molecule has 0 atom stereocenters. The summed E-state index contributed by atoms with van der Waals surface area (Å²) >= 11 is 5.88. The lowest BCUT2D eigenvalue weighted by molar-refractivity contribution is -0.128. The molecule has 156 valence electrons. The van der Waals surface area contributed by atoms with Crippen molar-refractivity contribution in [1.82, 2.24) is 4.90 Å². The predicted molar refractivity (Wildman–Crippen MR) is 115 cm³/mol.